The lowest BCUT2D eigenvalue weighted by Crippen LogP contribution is -2.63. The first-order chi connectivity index (χ1) is 12.6. The second-order valence-corrected chi connectivity index (χ2v) is 5.95. The summed E-state index contributed by atoms with van der Waals surface area (Å²) in [5.41, 5.74) is -2.59. The summed E-state index contributed by atoms with van der Waals surface area (Å²) in [6.07, 6.45) is -5.20. The van der Waals surface area contributed by atoms with Crippen LogP contribution in [0.5, 0.6) is 0 Å². The molecule has 27 heavy (non-hydrogen) atoms. The van der Waals surface area contributed by atoms with Gasteiger partial charge in [0.2, 0.25) is 0 Å². The van der Waals surface area contributed by atoms with Crippen LogP contribution in [0.3, 0.4) is 0 Å². The van der Waals surface area contributed by atoms with Gasteiger partial charge in [0.25, 0.3) is 11.8 Å². The van der Waals surface area contributed by atoms with Gasteiger partial charge in [-0.1, -0.05) is 29.8 Å². The van der Waals surface area contributed by atoms with Gasteiger partial charge in [0.05, 0.1) is 0 Å². The third-order valence-electron chi connectivity index (χ3n) is 3.98. The minimum absolute atomic E-state index is 0.244. The van der Waals surface area contributed by atoms with Crippen molar-refractivity contribution in [2.75, 3.05) is 0 Å². The number of aryl methyl sites for hydroxylation is 1. The second-order valence-electron chi connectivity index (χ2n) is 5.95. The standard InChI is InChI=1S/C18H13F4N3O2/c1-10-2-4-11(5-3-10)14-23-16(27)17(24-14,18(20,21)22)25-15(26)12-6-8-13(19)9-7-12/h2-9H,1H3,(H,25,26)(H,23,24,27)/t17-/m1/s1. The Balaban J connectivity index is 1.99. The molecule has 0 saturated heterocycles. The molecule has 2 aromatic rings. The highest BCUT2D eigenvalue weighted by molar-refractivity contribution is 6.16. The first-order valence-electron chi connectivity index (χ1n) is 7.75. The van der Waals surface area contributed by atoms with Gasteiger partial charge in [0.15, 0.2) is 0 Å². The fraction of sp³-hybridized carbons (Fsp3) is 0.167. The predicted molar refractivity (Wildman–Crippen MR) is 88.5 cm³/mol. The Morgan fingerprint density at radius 1 is 1.07 bits per heavy atom. The first kappa shape index (κ1) is 18.6. The Kier molecular flexibility index (Phi) is 4.46. The van der Waals surface area contributed by atoms with E-state index in [0.29, 0.717) is 0 Å². The molecule has 9 heteroatoms. The zero-order chi connectivity index (χ0) is 19.8. The van der Waals surface area contributed by atoms with E-state index in [1.165, 1.54) is 12.1 Å². The van der Waals surface area contributed by atoms with E-state index in [4.69, 9.17) is 0 Å². The molecule has 1 heterocycles. The normalized spacial score (nSPS) is 19.4. The highest BCUT2D eigenvalue weighted by atomic mass is 19.4. The van der Waals surface area contributed by atoms with E-state index in [2.05, 4.69) is 10.3 Å². The van der Waals surface area contributed by atoms with Crippen LogP contribution in [0.15, 0.2) is 53.5 Å². The number of carbonyl (C=O) groups excluding carboxylic acids is 2. The van der Waals surface area contributed by atoms with E-state index >= 15 is 0 Å². The van der Waals surface area contributed by atoms with Crippen molar-refractivity contribution < 1.29 is 27.2 Å². The quantitative estimate of drug-likeness (QED) is 0.805. The molecule has 2 N–H and O–H groups in total. The minimum Gasteiger partial charge on any atom is -0.312 e. The topological polar surface area (TPSA) is 70.6 Å². The van der Waals surface area contributed by atoms with E-state index in [-0.39, 0.29) is 17.0 Å². The van der Waals surface area contributed by atoms with Crippen molar-refractivity contribution in [2.45, 2.75) is 18.8 Å². The fourth-order valence-corrected chi connectivity index (χ4v) is 2.48. The molecular formula is C18H13F4N3O2. The third-order valence-corrected chi connectivity index (χ3v) is 3.98. The molecule has 140 valence electrons. The Morgan fingerprint density at radius 3 is 2.22 bits per heavy atom. The number of aliphatic imine (C=N–C) groups is 1. The lowest BCUT2D eigenvalue weighted by molar-refractivity contribution is -0.192. The molecule has 1 aliphatic heterocycles. The van der Waals surface area contributed by atoms with Crippen LogP contribution in [0.25, 0.3) is 0 Å². The second kappa shape index (κ2) is 6.49. The maximum Gasteiger partial charge on any atom is 0.442 e. The van der Waals surface area contributed by atoms with Gasteiger partial charge in [-0.15, -0.1) is 0 Å². The smallest absolute Gasteiger partial charge is 0.312 e. The summed E-state index contributed by atoms with van der Waals surface area (Å²) in [6, 6.07) is 10.2. The lowest BCUT2D eigenvalue weighted by Gasteiger charge is -2.27. The Bertz CT molecular complexity index is 921. The van der Waals surface area contributed by atoms with Crippen molar-refractivity contribution in [2.24, 2.45) is 4.99 Å². The Morgan fingerprint density at radius 2 is 1.67 bits per heavy atom. The summed E-state index contributed by atoms with van der Waals surface area (Å²) in [4.78, 5) is 27.9. The number of hydrogen-bond donors (Lipinski definition) is 2. The molecule has 0 spiro atoms. The zero-order valence-electron chi connectivity index (χ0n) is 13.9. The van der Waals surface area contributed by atoms with Crippen LogP contribution < -0.4 is 10.6 Å². The number of nitrogens with one attached hydrogen (secondary N) is 2. The van der Waals surface area contributed by atoms with Crippen LogP contribution >= 0.6 is 0 Å². The molecule has 2 aromatic carbocycles. The van der Waals surface area contributed by atoms with E-state index in [9.17, 15) is 27.2 Å². The van der Waals surface area contributed by atoms with Crippen LogP contribution in [0.2, 0.25) is 0 Å². The third kappa shape index (κ3) is 3.40. The van der Waals surface area contributed by atoms with Crippen LogP contribution in [0.1, 0.15) is 21.5 Å². The molecule has 5 nitrogen and oxygen atoms in total. The molecule has 0 saturated carbocycles. The summed E-state index contributed by atoms with van der Waals surface area (Å²) < 4.78 is 54.1. The number of amidine groups is 1. The van der Waals surface area contributed by atoms with Crippen molar-refractivity contribution in [3.8, 4) is 0 Å². The number of rotatable bonds is 3. The van der Waals surface area contributed by atoms with Crippen LogP contribution in [-0.4, -0.2) is 29.5 Å². The van der Waals surface area contributed by atoms with Gasteiger partial charge < -0.3 is 10.6 Å². The number of nitrogens with zero attached hydrogens (tertiary/aromatic N) is 1. The maximum atomic E-state index is 13.7. The van der Waals surface area contributed by atoms with Gasteiger partial charge in [-0.25, -0.2) is 9.38 Å². The molecule has 0 aromatic heterocycles. The number of hydrogen-bond acceptors (Lipinski definition) is 3. The SMILES string of the molecule is Cc1ccc(C2=N[C@](NC(=O)c3ccc(F)cc3)(C(F)(F)F)C(=O)N2)cc1. The summed E-state index contributed by atoms with van der Waals surface area (Å²) in [7, 11) is 0. The van der Waals surface area contributed by atoms with Gasteiger partial charge in [0, 0.05) is 11.1 Å². The zero-order valence-corrected chi connectivity index (χ0v) is 13.9. The summed E-state index contributed by atoms with van der Waals surface area (Å²) in [5, 5.41) is 3.71. The highest BCUT2D eigenvalue weighted by Crippen LogP contribution is 2.35. The maximum absolute atomic E-state index is 13.7. The van der Waals surface area contributed by atoms with Gasteiger partial charge in [0.1, 0.15) is 11.7 Å². The van der Waals surface area contributed by atoms with Crippen LogP contribution in [0, 0.1) is 12.7 Å². The number of halogens is 4. The fourth-order valence-electron chi connectivity index (χ4n) is 2.48. The minimum atomic E-state index is -5.20. The van der Waals surface area contributed by atoms with Crippen molar-refractivity contribution >= 4 is 17.6 Å². The van der Waals surface area contributed by atoms with Crippen LogP contribution in [-0.2, 0) is 4.79 Å². The lowest BCUT2D eigenvalue weighted by atomic mass is 10.1. The summed E-state index contributed by atoms with van der Waals surface area (Å²) in [6.45, 7) is 1.79. The van der Waals surface area contributed by atoms with Crippen molar-refractivity contribution in [1.29, 1.82) is 0 Å². The van der Waals surface area contributed by atoms with Gasteiger partial charge >= 0.3 is 11.8 Å². The average molecular weight is 379 g/mol. The number of amides is 2. The summed E-state index contributed by atoms with van der Waals surface area (Å²) in [5.74, 6) is -3.70. The molecule has 0 bridgehead atoms. The molecule has 0 fully saturated rings. The molecule has 3 rings (SSSR count). The molecule has 1 aliphatic rings. The van der Waals surface area contributed by atoms with Crippen molar-refractivity contribution in [3.63, 3.8) is 0 Å². The average Bonchev–Trinajstić information content (AvgIpc) is 2.93. The van der Waals surface area contributed by atoms with E-state index in [1.54, 1.807) is 24.4 Å². The Hall–Kier alpha value is -3.23. The number of carbonyl (C=O) groups is 2. The van der Waals surface area contributed by atoms with E-state index in [0.717, 1.165) is 29.8 Å². The number of benzene rings is 2. The largest absolute Gasteiger partial charge is 0.442 e. The summed E-state index contributed by atoms with van der Waals surface area (Å²) >= 11 is 0. The first-order valence-corrected chi connectivity index (χ1v) is 7.75. The molecule has 1 atom stereocenters. The molecule has 0 radical (unpaired) electrons. The van der Waals surface area contributed by atoms with E-state index < -0.39 is 29.5 Å². The van der Waals surface area contributed by atoms with Gasteiger partial charge in [-0.3, -0.25) is 9.59 Å². The van der Waals surface area contributed by atoms with Gasteiger partial charge in [-0.2, -0.15) is 13.2 Å². The Labute approximate surface area is 151 Å². The monoisotopic (exact) mass is 379 g/mol. The van der Waals surface area contributed by atoms with Crippen molar-refractivity contribution in [3.05, 3.63) is 71.0 Å². The van der Waals surface area contributed by atoms with Crippen LogP contribution in [0.4, 0.5) is 17.6 Å². The van der Waals surface area contributed by atoms with Gasteiger partial charge in [-0.05, 0) is 31.2 Å². The highest BCUT2D eigenvalue weighted by Gasteiger charge is 2.65. The van der Waals surface area contributed by atoms with Crippen molar-refractivity contribution in [1.82, 2.24) is 10.6 Å². The van der Waals surface area contributed by atoms with E-state index in [1.807, 2.05) is 0 Å². The molecular weight excluding hydrogens is 366 g/mol. The predicted octanol–water partition coefficient (Wildman–Crippen LogP) is 2.70. The number of alkyl halides is 3. The molecule has 0 aliphatic carbocycles. The molecule has 0 unspecified atom stereocenters. The molecule has 2 amide bonds.